The van der Waals surface area contributed by atoms with Crippen molar-refractivity contribution in [3.05, 3.63) is 0 Å². The van der Waals surface area contributed by atoms with Gasteiger partial charge in [0.05, 0.1) is 6.10 Å². The molecule has 0 aromatic rings. The molecule has 2 aliphatic rings. The van der Waals surface area contributed by atoms with Crippen LogP contribution in [0.5, 0.6) is 0 Å². The normalized spacial score (nSPS) is 27.8. The zero-order valence-electron chi connectivity index (χ0n) is 10.3. The molecule has 100 valence electrons. The van der Waals surface area contributed by atoms with Gasteiger partial charge in [0, 0.05) is 5.25 Å². The average molecular weight is 278 g/mol. The standard InChI is InChI=1S/C12H23O3PS/c13-16(14,15-11-7-3-1-4-8-11)17-12-9-5-2-6-10-12/h11-12H,1-10H2,(H,13,14). The molecule has 5 heteroatoms. The second-order valence-corrected chi connectivity index (χ2v) is 9.24. The molecule has 0 amide bonds. The summed E-state index contributed by atoms with van der Waals surface area (Å²) >= 11 is 1.21. The van der Waals surface area contributed by atoms with Gasteiger partial charge in [-0.2, -0.15) is 0 Å². The summed E-state index contributed by atoms with van der Waals surface area (Å²) in [6, 6.07) is 0. The van der Waals surface area contributed by atoms with E-state index in [1.807, 2.05) is 0 Å². The molecule has 0 heterocycles. The van der Waals surface area contributed by atoms with Crippen molar-refractivity contribution in [2.45, 2.75) is 75.6 Å². The van der Waals surface area contributed by atoms with Crippen molar-refractivity contribution in [1.29, 1.82) is 0 Å². The molecule has 17 heavy (non-hydrogen) atoms. The Morgan fingerprint density at radius 3 is 2.06 bits per heavy atom. The molecule has 3 nitrogen and oxygen atoms in total. The van der Waals surface area contributed by atoms with E-state index in [4.69, 9.17) is 4.52 Å². The van der Waals surface area contributed by atoms with E-state index in [-0.39, 0.29) is 6.10 Å². The third-order valence-corrected chi connectivity index (χ3v) is 7.22. The Balaban J connectivity index is 1.78. The Bertz CT molecular complexity index is 249. The van der Waals surface area contributed by atoms with Crippen LogP contribution in [0.4, 0.5) is 0 Å². The predicted molar refractivity (Wildman–Crippen MR) is 72.2 cm³/mol. The topological polar surface area (TPSA) is 46.5 Å². The lowest BCUT2D eigenvalue weighted by Crippen LogP contribution is -2.15. The summed E-state index contributed by atoms with van der Waals surface area (Å²) in [5.41, 5.74) is 0. The number of hydrogen-bond donors (Lipinski definition) is 1. The monoisotopic (exact) mass is 278 g/mol. The van der Waals surface area contributed by atoms with Crippen molar-refractivity contribution in [3.8, 4) is 0 Å². The summed E-state index contributed by atoms with van der Waals surface area (Å²) in [7, 11) is 0. The number of rotatable bonds is 4. The molecule has 0 radical (unpaired) electrons. The van der Waals surface area contributed by atoms with Crippen LogP contribution in [0, 0.1) is 0 Å². The van der Waals surface area contributed by atoms with Gasteiger partial charge in [0.2, 0.25) is 0 Å². The fourth-order valence-electron chi connectivity index (χ4n) is 2.74. The summed E-state index contributed by atoms with van der Waals surface area (Å²) in [6.07, 6.45) is 11.3. The molecule has 2 rings (SSSR count). The van der Waals surface area contributed by atoms with Crippen molar-refractivity contribution < 1.29 is 14.0 Å². The van der Waals surface area contributed by atoms with Gasteiger partial charge in [-0.15, -0.1) is 0 Å². The summed E-state index contributed by atoms with van der Waals surface area (Å²) in [6.45, 7) is -3.41. The Kier molecular flexibility index (Phi) is 5.41. The van der Waals surface area contributed by atoms with Crippen LogP contribution in [0.1, 0.15) is 64.2 Å². The lowest BCUT2D eigenvalue weighted by molar-refractivity contribution is 0.143. The molecule has 0 saturated heterocycles. The summed E-state index contributed by atoms with van der Waals surface area (Å²) in [5, 5.41) is 0.336. The fraction of sp³-hybridized carbons (Fsp3) is 1.00. The van der Waals surface area contributed by atoms with Crippen LogP contribution in [-0.4, -0.2) is 16.2 Å². The van der Waals surface area contributed by atoms with E-state index in [2.05, 4.69) is 0 Å². The summed E-state index contributed by atoms with van der Waals surface area (Å²) in [4.78, 5) is 9.92. The molecule has 1 N–H and O–H groups in total. The molecule has 2 fully saturated rings. The molecule has 1 unspecified atom stereocenters. The minimum absolute atomic E-state index is 0.0238. The lowest BCUT2D eigenvalue weighted by Gasteiger charge is -2.27. The van der Waals surface area contributed by atoms with Gasteiger partial charge >= 0.3 is 6.80 Å². The molecule has 0 aliphatic heterocycles. The van der Waals surface area contributed by atoms with E-state index in [1.54, 1.807) is 0 Å². The van der Waals surface area contributed by atoms with Crippen LogP contribution in [0.25, 0.3) is 0 Å². The van der Waals surface area contributed by atoms with E-state index in [9.17, 15) is 9.46 Å². The van der Waals surface area contributed by atoms with Crippen LogP contribution in [0.2, 0.25) is 0 Å². The molecule has 1 atom stereocenters. The van der Waals surface area contributed by atoms with Gasteiger partial charge in [0.15, 0.2) is 0 Å². The average Bonchev–Trinajstić information content (AvgIpc) is 2.30. The minimum Gasteiger partial charge on any atom is -0.316 e. The van der Waals surface area contributed by atoms with Crippen molar-refractivity contribution in [2.75, 3.05) is 0 Å². The molecular formula is C12H23O3PS. The second kappa shape index (κ2) is 6.60. The maximum absolute atomic E-state index is 12.0. The molecular weight excluding hydrogens is 255 g/mol. The molecule has 0 aromatic carbocycles. The first-order valence-corrected chi connectivity index (χ1v) is 9.91. The number of hydrogen-bond acceptors (Lipinski definition) is 3. The van der Waals surface area contributed by atoms with E-state index in [1.165, 1.54) is 37.1 Å². The van der Waals surface area contributed by atoms with Gasteiger partial charge in [-0.3, -0.25) is 4.52 Å². The quantitative estimate of drug-likeness (QED) is 0.769. The van der Waals surface area contributed by atoms with Crippen LogP contribution in [0.3, 0.4) is 0 Å². The zero-order chi connectivity index (χ0) is 12.1. The lowest BCUT2D eigenvalue weighted by atomic mass is 9.98. The first-order valence-electron chi connectivity index (χ1n) is 6.85. The van der Waals surface area contributed by atoms with E-state index >= 15 is 0 Å². The zero-order valence-corrected chi connectivity index (χ0v) is 12.1. The van der Waals surface area contributed by atoms with Gasteiger partial charge in [0.25, 0.3) is 0 Å². The molecule has 2 saturated carbocycles. The smallest absolute Gasteiger partial charge is 0.316 e. The van der Waals surface area contributed by atoms with Crippen molar-refractivity contribution in [2.24, 2.45) is 0 Å². The maximum atomic E-state index is 12.0. The largest absolute Gasteiger partial charge is 0.387 e. The molecule has 0 aromatic heterocycles. The third-order valence-electron chi connectivity index (χ3n) is 3.67. The van der Waals surface area contributed by atoms with Crippen LogP contribution in [0.15, 0.2) is 0 Å². The highest BCUT2D eigenvalue weighted by atomic mass is 32.7. The highest BCUT2D eigenvalue weighted by molar-refractivity contribution is 8.55. The van der Waals surface area contributed by atoms with Gasteiger partial charge in [-0.25, -0.2) is 4.57 Å². The van der Waals surface area contributed by atoms with E-state index in [0.717, 1.165) is 38.5 Å². The second-order valence-electron chi connectivity index (χ2n) is 5.20. The van der Waals surface area contributed by atoms with Crippen LogP contribution < -0.4 is 0 Å². The molecule has 2 aliphatic carbocycles. The fourth-order valence-corrected chi connectivity index (χ4v) is 6.58. The maximum Gasteiger partial charge on any atom is 0.387 e. The van der Waals surface area contributed by atoms with E-state index in [0.29, 0.717) is 5.25 Å². The Morgan fingerprint density at radius 2 is 1.47 bits per heavy atom. The Labute approximate surface area is 108 Å². The first-order chi connectivity index (χ1) is 8.16. The summed E-state index contributed by atoms with van der Waals surface area (Å²) in [5.74, 6) is 0. The SMILES string of the molecule is O=P(O)(OC1CCCCC1)SC1CCCCC1. The van der Waals surface area contributed by atoms with Gasteiger partial charge in [-0.1, -0.05) is 38.5 Å². The Morgan fingerprint density at radius 1 is 0.941 bits per heavy atom. The van der Waals surface area contributed by atoms with Crippen molar-refractivity contribution in [3.63, 3.8) is 0 Å². The third kappa shape index (κ3) is 4.94. The van der Waals surface area contributed by atoms with Gasteiger partial charge in [-0.05, 0) is 37.1 Å². The predicted octanol–water partition coefficient (Wildman–Crippen LogP) is 4.50. The first kappa shape index (κ1) is 13.9. The molecule has 0 spiro atoms. The highest BCUT2D eigenvalue weighted by Crippen LogP contribution is 2.61. The summed E-state index contributed by atoms with van der Waals surface area (Å²) < 4.78 is 17.5. The van der Waals surface area contributed by atoms with Crippen molar-refractivity contribution >= 4 is 18.2 Å². The van der Waals surface area contributed by atoms with Gasteiger partial charge in [0.1, 0.15) is 0 Å². The van der Waals surface area contributed by atoms with E-state index < -0.39 is 6.80 Å². The van der Waals surface area contributed by atoms with Gasteiger partial charge < -0.3 is 4.89 Å². The molecule has 0 bridgehead atoms. The minimum atomic E-state index is -3.41. The van der Waals surface area contributed by atoms with Crippen LogP contribution >= 0.6 is 18.2 Å². The van der Waals surface area contributed by atoms with Crippen LogP contribution in [-0.2, 0) is 9.09 Å². The highest BCUT2D eigenvalue weighted by Gasteiger charge is 2.31. The Hall–Kier alpha value is 0.500. The van der Waals surface area contributed by atoms with Crippen molar-refractivity contribution in [1.82, 2.24) is 0 Å².